The Morgan fingerprint density at radius 2 is 1.90 bits per heavy atom. The number of rotatable bonds is 4. The molecule has 1 saturated heterocycles. The Balaban J connectivity index is 1.39. The van der Waals surface area contributed by atoms with Crippen molar-refractivity contribution in [2.45, 2.75) is 19.9 Å². The molecule has 1 fully saturated rings. The maximum atomic E-state index is 12.5. The molecule has 0 bridgehead atoms. The Labute approximate surface area is 169 Å². The number of fused-ring (bicyclic) bond motifs is 1. The Morgan fingerprint density at radius 3 is 2.66 bits per heavy atom. The summed E-state index contributed by atoms with van der Waals surface area (Å²) >= 11 is 0. The van der Waals surface area contributed by atoms with E-state index < -0.39 is 11.9 Å². The number of para-hydroxylation sites is 2. The van der Waals surface area contributed by atoms with Crippen molar-refractivity contribution in [1.29, 1.82) is 0 Å². The van der Waals surface area contributed by atoms with Gasteiger partial charge in [0.2, 0.25) is 0 Å². The predicted molar refractivity (Wildman–Crippen MR) is 110 cm³/mol. The number of carboxylic acid groups (broad SMARTS) is 1. The number of nitrogens with zero attached hydrogens (tertiary/aromatic N) is 3. The molecule has 7 heteroatoms. The molecule has 2 unspecified atom stereocenters. The van der Waals surface area contributed by atoms with Crippen LogP contribution in [-0.2, 0) is 11.3 Å². The highest BCUT2D eigenvalue weighted by atomic mass is 16.4. The van der Waals surface area contributed by atoms with Gasteiger partial charge in [0.05, 0.1) is 17.0 Å². The molecule has 29 heavy (non-hydrogen) atoms. The average molecular weight is 392 g/mol. The number of carboxylic acids is 1. The topological polar surface area (TPSA) is 87.5 Å². The minimum absolute atomic E-state index is 0.180. The molecule has 3 aromatic rings. The Bertz CT molecular complexity index is 1030. The second-order valence-corrected chi connectivity index (χ2v) is 7.71. The molecule has 0 saturated carbocycles. The van der Waals surface area contributed by atoms with Crippen molar-refractivity contribution in [3.63, 3.8) is 0 Å². The second kappa shape index (κ2) is 7.95. The number of benzene rings is 2. The number of hydrogen-bond acceptors (Lipinski definition) is 3. The first kappa shape index (κ1) is 19.0. The van der Waals surface area contributed by atoms with Gasteiger partial charge in [-0.1, -0.05) is 31.2 Å². The van der Waals surface area contributed by atoms with Gasteiger partial charge in [0, 0.05) is 25.3 Å². The van der Waals surface area contributed by atoms with Crippen molar-refractivity contribution in [3.8, 4) is 5.69 Å². The van der Waals surface area contributed by atoms with Gasteiger partial charge < -0.3 is 15.3 Å². The van der Waals surface area contributed by atoms with Crippen molar-refractivity contribution in [3.05, 3.63) is 60.4 Å². The van der Waals surface area contributed by atoms with E-state index in [1.807, 2.05) is 60.0 Å². The molecule has 7 nitrogen and oxygen atoms in total. The predicted octanol–water partition coefficient (Wildman–Crippen LogP) is 3.28. The highest BCUT2D eigenvalue weighted by molar-refractivity contribution is 5.77. The van der Waals surface area contributed by atoms with Crippen molar-refractivity contribution >= 4 is 23.0 Å². The molecule has 150 valence electrons. The summed E-state index contributed by atoms with van der Waals surface area (Å²) in [6.45, 7) is 3.22. The van der Waals surface area contributed by atoms with Crippen LogP contribution in [0.5, 0.6) is 0 Å². The van der Waals surface area contributed by atoms with Crippen LogP contribution in [0.3, 0.4) is 0 Å². The van der Waals surface area contributed by atoms with Gasteiger partial charge in [-0.25, -0.2) is 9.78 Å². The fourth-order valence-electron chi connectivity index (χ4n) is 3.93. The highest BCUT2D eigenvalue weighted by Crippen LogP contribution is 2.22. The van der Waals surface area contributed by atoms with Crippen LogP contribution < -0.4 is 5.32 Å². The van der Waals surface area contributed by atoms with Gasteiger partial charge in [-0.15, -0.1) is 0 Å². The number of aliphatic carboxylic acids is 1. The zero-order chi connectivity index (χ0) is 20.4. The molecule has 0 aliphatic carbocycles. The fourth-order valence-corrected chi connectivity index (χ4v) is 3.93. The number of nitrogens with one attached hydrogen (secondary N) is 1. The van der Waals surface area contributed by atoms with Gasteiger partial charge in [0.25, 0.3) is 0 Å². The maximum Gasteiger partial charge on any atom is 0.317 e. The molecular formula is C22H24N4O3. The summed E-state index contributed by atoms with van der Waals surface area (Å²) in [4.78, 5) is 29.8. The lowest BCUT2D eigenvalue weighted by molar-refractivity contribution is -0.143. The number of likely N-dealkylation sites (tertiary alicyclic amines) is 1. The number of imidazole rings is 1. The van der Waals surface area contributed by atoms with Gasteiger partial charge in [-0.2, -0.15) is 0 Å². The average Bonchev–Trinajstić information content (AvgIpc) is 3.16. The number of aromatic nitrogens is 2. The normalized spacial score (nSPS) is 19.3. The number of urea groups is 1. The quantitative estimate of drug-likeness (QED) is 0.713. The third kappa shape index (κ3) is 4.08. The molecule has 1 aliphatic rings. The SMILES string of the molecule is CC1CC(C(=O)O)CN(C(=O)NCc2ccc(-n3cnc4ccccc43)cc2)C1. The van der Waals surface area contributed by atoms with Crippen LogP contribution in [-0.4, -0.2) is 44.6 Å². The molecule has 2 heterocycles. The van der Waals surface area contributed by atoms with E-state index in [4.69, 9.17) is 0 Å². The zero-order valence-electron chi connectivity index (χ0n) is 16.3. The van der Waals surface area contributed by atoms with Gasteiger partial charge >= 0.3 is 12.0 Å². The molecule has 2 atom stereocenters. The first-order valence-corrected chi connectivity index (χ1v) is 9.78. The van der Waals surface area contributed by atoms with E-state index in [1.54, 1.807) is 11.2 Å². The van der Waals surface area contributed by atoms with Gasteiger partial charge in [0.1, 0.15) is 6.33 Å². The van der Waals surface area contributed by atoms with Gasteiger partial charge in [-0.3, -0.25) is 9.36 Å². The largest absolute Gasteiger partial charge is 0.481 e. The summed E-state index contributed by atoms with van der Waals surface area (Å²) in [5.41, 5.74) is 3.97. The fraction of sp³-hybridized carbons (Fsp3) is 0.318. The van der Waals surface area contributed by atoms with Crippen LogP contribution in [0.15, 0.2) is 54.9 Å². The first-order valence-electron chi connectivity index (χ1n) is 9.78. The minimum atomic E-state index is -0.836. The lowest BCUT2D eigenvalue weighted by Crippen LogP contribution is -2.49. The molecule has 1 aliphatic heterocycles. The maximum absolute atomic E-state index is 12.5. The molecule has 2 amide bonds. The van der Waals surface area contributed by atoms with E-state index >= 15 is 0 Å². The van der Waals surface area contributed by atoms with E-state index in [0.717, 1.165) is 22.3 Å². The summed E-state index contributed by atoms with van der Waals surface area (Å²) in [5.74, 6) is -1.15. The monoisotopic (exact) mass is 392 g/mol. The molecule has 0 spiro atoms. The molecule has 4 rings (SSSR count). The lowest BCUT2D eigenvalue weighted by Gasteiger charge is -2.34. The van der Waals surface area contributed by atoms with Crippen LogP contribution in [0.25, 0.3) is 16.7 Å². The number of amides is 2. The van der Waals surface area contributed by atoms with Crippen LogP contribution in [0, 0.1) is 11.8 Å². The van der Waals surface area contributed by atoms with Crippen molar-refractivity contribution in [2.75, 3.05) is 13.1 Å². The number of carbonyl (C=O) groups excluding carboxylic acids is 1. The van der Waals surface area contributed by atoms with E-state index in [-0.39, 0.29) is 18.5 Å². The first-order chi connectivity index (χ1) is 14.0. The van der Waals surface area contributed by atoms with Crippen molar-refractivity contribution in [1.82, 2.24) is 19.8 Å². The third-order valence-corrected chi connectivity index (χ3v) is 5.41. The molecular weight excluding hydrogens is 368 g/mol. The Morgan fingerprint density at radius 1 is 1.14 bits per heavy atom. The lowest BCUT2D eigenvalue weighted by atomic mass is 9.91. The summed E-state index contributed by atoms with van der Waals surface area (Å²) < 4.78 is 2.03. The summed E-state index contributed by atoms with van der Waals surface area (Å²) in [5, 5.41) is 12.2. The van der Waals surface area contributed by atoms with Crippen LogP contribution >= 0.6 is 0 Å². The number of carbonyl (C=O) groups is 2. The van der Waals surface area contributed by atoms with Crippen LogP contribution in [0.4, 0.5) is 4.79 Å². The second-order valence-electron chi connectivity index (χ2n) is 7.71. The Kier molecular flexibility index (Phi) is 5.20. The smallest absolute Gasteiger partial charge is 0.317 e. The summed E-state index contributed by atoms with van der Waals surface area (Å²) in [7, 11) is 0. The van der Waals surface area contributed by atoms with E-state index in [0.29, 0.717) is 19.5 Å². The van der Waals surface area contributed by atoms with Gasteiger partial charge in [-0.05, 0) is 42.2 Å². The molecule has 1 aromatic heterocycles. The molecule has 2 aromatic carbocycles. The van der Waals surface area contributed by atoms with E-state index in [1.165, 1.54) is 0 Å². The minimum Gasteiger partial charge on any atom is -0.481 e. The van der Waals surface area contributed by atoms with E-state index in [2.05, 4.69) is 10.3 Å². The Hall–Kier alpha value is -3.35. The van der Waals surface area contributed by atoms with Crippen molar-refractivity contribution < 1.29 is 14.7 Å². The van der Waals surface area contributed by atoms with Crippen LogP contribution in [0.2, 0.25) is 0 Å². The third-order valence-electron chi connectivity index (χ3n) is 5.41. The number of piperidine rings is 1. The summed E-state index contributed by atoms with van der Waals surface area (Å²) in [6, 6.07) is 15.7. The zero-order valence-corrected chi connectivity index (χ0v) is 16.3. The highest BCUT2D eigenvalue weighted by Gasteiger charge is 2.31. The number of hydrogen-bond donors (Lipinski definition) is 2. The van der Waals surface area contributed by atoms with Crippen molar-refractivity contribution in [2.24, 2.45) is 11.8 Å². The standard InChI is InChI=1S/C22H24N4O3/c1-15-10-17(21(27)28)13-25(12-15)22(29)23-11-16-6-8-18(9-7-16)26-14-24-19-4-2-3-5-20(19)26/h2-9,14-15,17H,10-13H2,1H3,(H,23,29)(H,27,28). The molecule has 0 radical (unpaired) electrons. The van der Waals surface area contributed by atoms with Crippen LogP contribution in [0.1, 0.15) is 18.9 Å². The van der Waals surface area contributed by atoms with Gasteiger partial charge in [0.15, 0.2) is 0 Å². The summed E-state index contributed by atoms with van der Waals surface area (Å²) in [6.07, 6.45) is 2.42. The van der Waals surface area contributed by atoms with E-state index in [9.17, 15) is 14.7 Å². The molecule has 2 N–H and O–H groups in total.